The smallest absolute Gasteiger partial charge is 0.220 e. The molecule has 1 heterocycles. The van der Waals surface area contributed by atoms with Gasteiger partial charge < -0.3 is 16.4 Å². The molecule has 13 heavy (non-hydrogen) atoms. The number of amides is 2. The van der Waals surface area contributed by atoms with Crippen molar-refractivity contribution < 1.29 is 9.59 Å². The number of carbonyl (C=O) groups excluding carboxylic acids is 2. The molecule has 5 heteroatoms. The number of nitrogens with two attached hydrogens (primary N) is 1. The zero-order valence-corrected chi connectivity index (χ0v) is 7.51. The van der Waals surface area contributed by atoms with Crippen LogP contribution in [0.4, 0.5) is 0 Å². The molecule has 0 spiro atoms. The van der Waals surface area contributed by atoms with Crippen molar-refractivity contribution in [1.29, 1.82) is 0 Å². The van der Waals surface area contributed by atoms with Crippen molar-refractivity contribution in [2.24, 2.45) is 11.7 Å². The van der Waals surface area contributed by atoms with Gasteiger partial charge in [0.15, 0.2) is 0 Å². The van der Waals surface area contributed by atoms with Gasteiger partial charge in [-0.2, -0.15) is 0 Å². The van der Waals surface area contributed by atoms with E-state index in [2.05, 4.69) is 10.6 Å². The number of hydrogen-bond acceptors (Lipinski definition) is 3. The van der Waals surface area contributed by atoms with E-state index in [9.17, 15) is 9.59 Å². The van der Waals surface area contributed by atoms with Crippen molar-refractivity contribution in [2.45, 2.75) is 12.8 Å². The third kappa shape index (κ3) is 3.89. The van der Waals surface area contributed by atoms with Crippen LogP contribution in [0, 0.1) is 5.92 Å². The standard InChI is InChI=1S/C8H15N3O2/c9-7(12)1-2-11-8(13)3-6-4-10-5-6/h6,10H,1-5H2,(H2,9,12)(H,11,13). The largest absolute Gasteiger partial charge is 0.370 e. The maximum atomic E-state index is 11.1. The fourth-order valence-electron chi connectivity index (χ4n) is 1.15. The highest BCUT2D eigenvalue weighted by atomic mass is 16.2. The Kier molecular flexibility index (Phi) is 3.70. The maximum Gasteiger partial charge on any atom is 0.220 e. The van der Waals surface area contributed by atoms with E-state index in [4.69, 9.17) is 5.73 Å². The van der Waals surface area contributed by atoms with E-state index < -0.39 is 0 Å². The summed E-state index contributed by atoms with van der Waals surface area (Å²) in [6, 6.07) is 0. The first kappa shape index (κ1) is 9.98. The van der Waals surface area contributed by atoms with Crippen LogP contribution in [0.3, 0.4) is 0 Å². The van der Waals surface area contributed by atoms with Gasteiger partial charge in [0.2, 0.25) is 11.8 Å². The lowest BCUT2D eigenvalue weighted by atomic mass is 9.99. The summed E-state index contributed by atoms with van der Waals surface area (Å²) in [4.78, 5) is 21.5. The highest BCUT2D eigenvalue weighted by molar-refractivity contribution is 5.78. The van der Waals surface area contributed by atoms with Crippen molar-refractivity contribution >= 4 is 11.8 Å². The van der Waals surface area contributed by atoms with Gasteiger partial charge in [0.05, 0.1) is 0 Å². The number of hydrogen-bond donors (Lipinski definition) is 3. The van der Waals surface area contributed by atoms with Crippen LogP contribution in [0.25, 0.3) is 0 Å². The van der Waals surface area contributed by atoms with Crippen LogP contribution < -0.4 is 16.4 Å². The van der Waals surface area contributed by atoms with E-state index in [0.29, 0.717) is 18.9 Å². The average Bonchev–Trinajstić information content (AvgIpc) is 1.96. The molecule has 0 bridgehead atoms. The molecule has 0 aromatic rings. The van der Waals surface area contributed by atoms with Gasteiger partial charge in [0.25, 0.3) is 0 Å². The van der Waals surface area contributed by atoms with Gasteiger partial charge in [-0.25, -0.2) is 0 Å². The molecular weight excluding hydrogens is 170 g/mol. The molecule has 2 amide bonds. The van der Waals surface area contributed by atoms with E-state index in [1.54, 1.807) is 0 Å². The molecule has 74 valence electrons. The summed E-state index contributed by atoms with van der Waals surface area (Å²) in [5.74, 6) is 0.0898. The normalized spacial score (nSPS) is 16.3. The van der Waals surface area contributed by atoms with Crippen LogP contribution in [0.15, 0.2) is 0 Å². The van der Waals surface area contributed by atoms with Crippen molar-refractivity contribution in [3.05, 3.63) is 0 Å². The van der Waals surface area contributed by atoms with Gasteiger partial charge in [-0.3, -0.25) is 9.59 Å². The lowest BCUT2D eigenvalue weighted by Crippen LogP contribution is -2.44. The molecule has 0 aromatic heterocycles. The maximum absolute atomic E-state index is 11.1. The molecule has 0 radical (unpaired) electrons. The lowest BCUT2D eigenvalue weighted by Gasteiger charge is -2.26. The van der Waals surface area contributed by atoms with Crippen LogP contribution in [-0.4, -0.2) is 31.4 Å². The zero-order valence-electron chi connectivity index (χ0n) is 7.51. The van der Waals surface area contributed by atoms with E-state index in [-0.39, 0.29) is 18.2 Å². The van der Waals surface area contributed by atoms with Crippen molar-refractivity contribution in [2.75, 3.05) is 19.6 Å². The molecular formula is C8H15N3O2. The predicted molar refractivity (Wildman–Crippen MR) is 47.8 cm³/mol. The van der Waals surface area contributed by atoms with Crippen LogP contribution in [0.2, 0.25) is 0 Å². The Balaban J connectivity index is 2.00. The molecule has 1 aliphatic rings. The first-order valence-corrected chi connectivity index (χ1v) is 4.44. The highest BCUT2D eigenvalue weighted by Gasteiger charge is 2.19. The molecule has 1 rings (SSSR count). The molecule has 5 nitrogen and oxygen atoms in total. The Bertz CT molecular complexity index is 202. The Morgan fingerprint density at radius 1 is 1.46 bits per heavy atom. The van der Waals surface area contributed by atoms with Gasteiger partial charge in [-0.05, 0) is 19.0 Å². The fraction of sp³-hybridized carbons (Fsp3) is 0.750. The summed E-state index contributed by atoms with van der Waals surface area (Å²) < 4.78 is 0. The van der Waals surface area contributed by atoms with E-state index in [1.807, 2.05) is 0 Å². The quantitative estimate of drug-likeness (QED) is 0.492. The number of carbonyl (C=O) groups is 2. The van der Waals surface area contributed by atoms with Gasteiger partial charge in [0, 0.05) is 19.4 Å². The molecule has 0 aliphatic carbocycles. The summed E-state index contributed by atoms with van der Waals surface area (Å²) in [6.07, 6.45) is 0.764. The van der Waals surface area contributed by atoms with Gasteiger partial charge in [-0.15, -0.1) is 0 Å². The van der Waals surface area contributed by atoms with Crippen molar-refractivity contribution in [3.8, 4) is 0 Å². The second-order valence-corrected chi connectivity index (χ2v) is 3.29. The van der Waals surface area contributed by atoms with E-state index >= 15 is 0 Å². The van der Waals surface area contributed by atoms with Gasteiger partial charge >= 0.3 is 0 Å². The Morgan fingerprint density at radius 3 is 2.62 bits per heavy atom. The van der Waals surface area contributed by atoms with Crippen LogP contribution >= 0.6 is 0 Å². The number of primary amides is 1. The lowest BCUT2D eigenvalue weighted by molar-refractivity contribution is -0.122. The summed E-state index contributed by atoms with van der Waals surface area (Å²) in [5.41, 5.74) is 4.92. The summed E-state index contributed by atoms with van der Waals surface area (Å²) >= 11 is 0. The van der Waals surface area contributed by atoms with E-state index in [1.165, 1.54) is 0 Å². The molecule has 0 unspecified atom stereocenters. The first-order valence-electron chi connectivity index (χ1n) is 4.44. The SMILES string of the molecule is NC(=O)CCNC(=O)CC1CNC1. The van der Waals surface area contributed by atoms with Crippen molar-refractivity contribution in [1.82, 2.24) is 10.6 Å². The van der Waals surface area contributed by atoms with E-state index in [0.717, 1.165) is 13.1 Å². The predicted octanol–water partition coefficient (Wildman–Crippen LogP) is -1.41. The minimum atomic E-state index is -0.384. The average molecular weight is 185 g/mol. The zero-order chi connectivity index (χ0) is 9.68. The first-order chi connectivity index (χ1) is 6.18. The molecule has 0 atom stereocenters. The summed E-state index contributed by atoms with van der Waals surface area (Å²) in [6.45, 7) is 2.20. The van der Waals surface area contributed by atoms with Crippen LogP contribution in [0.1, 0.15) is 12.8 Å². The van der Waals surface area contributed by atoms with Crippen LogP contribution in [-0.2, 0) is 9.59 Å². The minimum absolute atomic E-state index is 0.00718. The monoisotopic (exact) mass is 185 g/mol. The molecule has 1 saturated heterocycles. The third-order valence-electron chi connectivity index (χ3n) is 2.03. The van der Waals surface area contributed by atoms with Crippen LogP contribution in [0.5, 0.6) is 0 Å². The second-order valence-electron chi connectivity index (χ2n) is 3.29. The molecule has 0 aromatic carbocycles. The second kappa shape index (κ2) is 4.81. The number of rotatable bonds is 5. The topological polar surface area (TPSA) is 84.2 Å². The Labute approximate surface area is 77.1 Å². The third-order valence-corrected chi connectivity index (χ3v) is 2.03. The summed E-state index contributed by atoms with van der Waals surface area (Å²) in [7, 11) is 0. The Morgan fingerprint density at radius 2 is 2.15 bits per heavy atom. The summed E-state index contributed by atoms with van der Waals surface area (Å²) in [5, 5.41) is 5.73. The highest BCUT2D eigenvalue weighted by Crippen LogP contribution is 2.07. The molecule has 1 aliphatic heterocycles. The fourth-order valence-corrected chi connectivity index (χ4v) is 1.15. The van der Waals surface area contributed by atoms with Crippen molar-refractivity contribution in [3.63, 3.8) is 0 Å². The molecule has 4 N–H and O–H groups in total. The molecule has 0 saturated carbocycles. The number of nitrogens with one attached hydrogen (secondary N) is 2. The van der Waals surface area contributed by atoms with Gasteiger partial charge in [-0.1, -0.05) is 0 Å². The Hall–Kier alpha value is -1.10. The minimum Gasteiger partial charge on any atom is -0.370 e. The van der Waals surface area contributed by atoms with Gasteiger partial charge in [0.1, 0.15) is 0 Å². The molecule has 1 fully saturated rings.